The van der Waals surface area contributed by atoms with E-state index < -0.39 is 0 Å². The Morgan fingerprint density at radius 2 is 1.77 bits per heavy atom. The number of hydrogen-bond donors (Lipinski definition) is 1. The van der Waals surface area contributed by atoms with Crippen molar-refractivity contribution in [2.75, 3.05) is 7.05 Å². The SMILES string of the molecule is CCC(=O)[CH-]C(CC)(CC)NC.[Rb+]. The van der Waals surface area contributed by atoms with Gasteiger partial charge < -0.3 is 16.5 Å². The monoisotopic (exact) mass is 255 g/mol. The van der Waals surface area contributed by atoms with Gasteiger partial charge in [0, 0.05) is 5.78 Å². The second-order valence-electron chi connectivity index (χ2n) is 3.08. The van der Waals surface area contributed by atoms with Crippen LogP contribution in [0.1, 0.15) is 40.0 Å². The molecule has 0 amide bonds. The molecule has 0 aliphatic heterocycles. The quantitative estimate of drug-likeness (QED) is 0.614. The molecular weight excluding hydrogens is 236 g/mol. The molecule has 0 saturated heterocycles. The van der Waals surface area contributed by atoms with Gasteiger partial charge in [-0.05, 0) is 13.5 Å². The minimum Gasteiger partial charge on any atom is -0.341 e. The molecule has 2 nitrogen and oxygen atoms in total. The van der Waals surface area contributed by atoms with Gasteiger partial charge in [0.15, 0.2) is 0 Å². The van der Waals surface area contributed by atoms with Gasteiger partial charge in [-0.2, -0.15) is 0 Å². The minimum absolute atomic E-state index is 0. The van der Waals surface area contributed by atoms with Crippen molar-refractivity contribution < 1.29 is 63.0 Å². The zero-order valence-corrected chi connectivity index (χ0v) is 14.5. The van der Waals surface area contributed by atoms with E-state index in [0.717, 1.165) is 12.8 Å². The van der Waals surface area contributed by atoms with E-state index in [1.54, 1.807) is 0 Å². The molecule has 0 fully saturated rings. The fraction of sp³-hybridized carbons (Fsp3) is 0.800. The molecule has 0 bridgehead atoms. The van der Waals surface area contributed by atoms with Crippen molar-refractivity contribution in [3.05, 3.63) is 6.42 Å². The number of nitrogens with one attached hydrogen (secondary N) is 1. The van der Waals surface area contributed by atoms with Gasteiger partial charge in [0.25, 0.3) is 0 Å². The molecule has 0 spiro atoms. The standard InChI is InChI=1S/C10H20NO.Rb/c1-5-9(12)8-10(6-2,7-3)11-4;/h8,11H,5-7H2,1-4H3;/q-1;+1. The van der Waals surface area contributed by atoms with E-state index in [1.165, 1.54) is 0 Å². The number of hydrogen-bond acceptors (Lipinski definition) is 2. The third-order valence-corrected chi connectivity index (χ3v) is 2.55. The first kappa shape index (κ1) is 16.7. The van der Waals surface area contributed by atoms with Gasteiger partial charge in [0.1, 0.15) is 0 Å². The zero-order chi connectivity index (χ0) is 9.61. The fourth-order valence-corrected chi connectivity index (χ4v) is 1.29. The molecule has 0 unspecified atom stereocenters. The van der Waals surface area contributed by atoms with Gasteiger partial charge in [-0.15, -0.1) is 0 Å². The molecule has 0 aromatic heterocycles. The number of carbonyl (C=O) groups is 1. The molecule has 0 saturated carbocycles. The Morgan fingerprint density at radius 1 is 1.31 bits per heavy atom. The van der Waals surface area contributed by atoms with Crippen LogP contribution in [0.25, 0.3) is 0 Å². The van der Waals surface area contributed by atoms with E-state index in [9.17, 15) is 4.79 Å². The van der Waals surface area contributed by atoms with Crippen LogP contribution in [0.4, 0.5) is 0 Å². The van der Waals surface area contributed by atoms with Crippen LogP contribution >= 0.6 is 0 Å². The Bertz CT molecular complexity index is 136. The van der Waals surface area contributed by atoms with Crippen molar-refractivity contribution >= 4 is 5.78 Å². The number of Topliss-reactive ketones (excluding diaryl/α,β-unsaturated/α-hetero) is 1. The van der Waals surface area contributed by atoms with Crippen LogP contribution in [0.3, 0.4) is 0 Å². The molecule has 0 aliphatic rings. The van der Waals surface area contributed by atoms with Crippen LogP contribution in [0.15, 0.2) is 0 Å². The summed E-state index contributed by atoms with van der Waals surface area (Å²) < 4.78 is 0. The smallest absolute Gasteiger partial charge is 0.341 e. The van der Waals surface area contributed by atoms with Crippen LogP contribution < -0.4 is 63.5 Å². The molecule has 0 aromatic rings. The van der Waals surface area contributed by atoms with Crippen LogP contribution in [-0.2, 0) is 4.79 Å². The number of carbonyl (C=O) groups excluding carboxylic acids is 1. The first-order chi connectivity index (χ1) is 5.64. The summed E-state index contributed by atoms with van der Waals surface area (Å²) in [6.07, 6.45) is 4.36. The summed E-state index contributed by atoms with van der Waals surface area (Å²) in [5, 5.41) is 3.20. The van der Waals surface area contributed by atoms with Crippen molar-refractivity contribution in [3.63, 3.8) is 0 Å². The van der Waals surface area contributed by atoms with Gasteiger partial charge in [-0.3, -0.25) is 0 Å². The first-order valence-corrected chi connectivity index (χ1v) is 4.71. The molecule has 0 atom stereocenters. The normalized spacial score (nSPS) is 10.5. The summed E-state index contributed by atoms with van der Waals surface area (Å²) >= 11 is 0. The first-order valence-electron chi connectivity index (χ1n) is 4.71. The fourth-order valence-electron chi connectivity index (χ4n) is 1.29. The second-order valence-corrected chi connectivity index (χ2v) is 3.08. The minimum atomic E-state index is -0.0763. The third-order valence-electron chi connectivity index (χ3n) is 2.55. The molecule has 0 aromatic carbocycles. The summed E-state index contributed by atoms with van der Waals surface area (Å²) in [5.41, 5.74) is -0.0763. The van der Waals surface area contributed by atoms with Crippen molar-refractivity contribution in [3.8, 4) is 0 Å². The van der Waals surface area contributed by atoms with Gasteiger partial charge in [0.05, 0.1) is 0 Å². The Morgan fingerprint density at radius 3 is 2.00 bits per heavy atom. The summed E-state index contributed by atoms with van der Waals surface area (Å²) in [6.45, 7) is 6.09. The molecule has 1 N–H and O–H groups in total. The topological polar surface area (TPSA) is 29.1 Å². The zero-order valence-electron chi connectivity index (χ0n) is 9.61. The average Bonchev–Trinajstić information content (AvgIpc) is 2.14. The average molecular weight is 256 g/mol. The van der Waals surface area contributed by atoms with Crippen LogP contribution in [0.2, 0.25) is 0 Å². The molecule has 13 heavy (non-hydrogen) atoms. The summed E-state index contributed by atoms with van der Waals surface area (Å²) in [6, 6.07) is 0. The van der Waals surface area contributed by atoms with E-state index in [2.05, 4.69) is 19.2 Å². The largest absolute Gasteiger partial charge is 1.00 e. The van der Waals surface area contributed by atoms with E-state index in [0.29, 0.717) is 6.42 Å². The van der Waals surface area contributed by atoms with Crippen molar-refractivity contribution in [2.45, 2.75) is 45.6 Å². The Labute approximate surface area is 131 Å². The predicted octanol–water partition coefficient (Wildman–Crippen LogP) is -1.05. The van der Waals surface area contributed by atoms with Crippen LogP contribution in [0.5, 0.6) is 0 Å². The Hall–Kier alpha value is 1.31. The Balaban J connectivity index is 0. The molecular formula is C10H20NORb. The number of ketones is 1. The summed E-state index contributed by atoms with van der Waals surface area (Å²) in [5.74, 6) is 0.230. The molecule has 0 aliphatic carbocycles. The van der Waals surface area contributed by atoms with Crippen LogP contribution in [-0.4, -0.2) is 18.4 Å². The maximum Gasteiger partial charge on any atom is 1.00 e. The second kappa shape index (κ2) is 8.60. The molecule has 72 valence electrons. The van der Waals surface area contributed by atoms with E-state index in [-0.39, 0.29) is 69.5 Å². The van der Waals surface area contributed by atoms with Gasteiger partial charge in [-0.1, -0.05) is 39.2 Å². The molecule has 0 radical (unpaired) electrons. The number of rotatable bonds is 6. The van der Waals surface area contributed by atoms with Gasteiger partial charge in [-0.25, -0.2) is 0 Å². The van der Waals surface area contributed by atoms with Crippen molar-refractivity contribution in [1.82, 2.24) is 5.32 Å². The van der Waals surface area contributed by atoms with Crippen molar-refractivity contribution in [2.24, 2.45) is 0 Å². The summed E-state index contributed by atoms with van der Waals surface area (Å²) in [4.78, 5) is 11.2. The molecule has 3 heteroatoms. The third kappa shape index (κ3) is 5.68. The maximum absolute atomic E-state index is 11.2. The maximum atomic E-state index is 11.2. The van der Waals surface area contributed by atoms with Crippen LogP contribution in [0, 0.1) is 6.42 Å². The molecule has 0 heterocycles. The van der Waals surface area contributed by atoms with Crippen molar-refractivity contribution in [1.29, 1.82) is 0 Å². The summed E-state index contributed by atoms with van der Waals surface area (Å²) in [7, 11) is 1.91. The van der Waals surface area contributed by atoms with E-state index >= 15 is 0 Å². The van der Waals surface area contributed by atoms with Gasteiger partial charge in [0.2, 0.25) is 0 Å². The Kier molecular flexibility index (Phi) is 11.1. The van der Waals surface area contributed by atoms with E-state index in [4.69, 9.17) is 0 Å². The van der Waals surface area contributed by atoms with E-state index in [1.807, 2.05) is 20.4 Å². The van der Waals surface area contributed by atoms with Gasteiger partial charge >= 0.3 is 58.2 Å². The molecule has 0 rings (SSSR count). The predicted molar refractivity (Wildman–Crippen MR) is 52.0 cm³/mol.